The highest BCUT2D eigenvalue weighted by atomic mass is 32.2. The second-order valence-corrected chi connectivity index (χ2v) is 8.57. The third kappa shape index (κ3) is 4.08. The third-order valence-electron chi connectivity index (χ3n) is 6.11. The van der Waals surface area contributed by atoms with Crippen molar-refractivity contribution < 1.29 is 22.1 Å². The Morgan fingerprint density at radius 1 is 1.07 bits per heavy atom. The molecule has 0 unspecified atom stereocenters. The van der Waals surface area contributed by atoms with Crippen LogP contribution >= 0.6 is 0 Å². The first-order chi connectivity index (χ1) is 14.1. The highest BCUT2D eigenvalue weighted by molar-refractivity contribution is 7.75. The van der Waals surface area contributed by atoms with Crippen LogP contribution in [0.1, 0.15) is 41.6 Å². The molecule has 4 rings (SSSR count). The summed E-state index contributed by atoms with van der Waals surface area (Å²) in [6, 6.07) is 17.5. The maximum absolute atomic E-state index is 12.9. The highest BCUT2D eigenvalue weighted by Gasteiger charge is 2.49. The van der Waals surface area contributed by atoms with E-state index in [0.717, 1.165) is 25.7 Å². The second kappa shape index (κ2) is 8.26. The van der Waals surface area contributed by atoms with Crippen molar-refractivity contribution in [1.82, 2.24) is 5.32 Å². The molecule has 2 aliphatic rings. The lowest BCUT2D eigenvalue weighted by Gasteiger charge is -2.43. The van der Waals surface area contributed by atoms with Crippen LogP contribution in [0.4, 0.5) is 0 Å². The van der Waals surface area contributed by atoms with Crippen molar-refractivity contribution in [2.45, 2.75) is 36.7 Å². The summed E-state index contributed by atoms with van der Waals surface area (Å²) >= 11 is -1.65. The molecule has 1 heterocycles. The molecule has 1 saturated carbocycles. The van der Waals surface area contributed by atoms with Crippen LogP contribution < -0.4 is 10.1 Å². The normalized spacial score (nSPS) is 28.9. The first-order valence-electron chi connectivity index (χ1n) is 9.77. The van der Waals surface area contributed by atoms with Crippen molar-refractivity contribution in [1.29, 1.82) is 0 Å². The summed E-state index contributed by atoms with van der Waals surface area (Å²) in [5, 5.41) is 3.12. The van der Waals surface area contributed by atoms with E-state index in [0.29, 0.717) is 24.5 Å². The molecule has 0 bridgehead atoms. The zero-order valence-corrected chi connectivity index (χ0v) is 17.2. The predicted octanol–water partition coefficient (Wildman–Crippen LogP) is 3.30. The fourth-order valence-corrected chi connectivity index (χ4v) is 5.16. The fourth-order valence-electron chi connectivity index (χ4n) is 4.30. The topological polar surface area (TPSA) is 73.9 Å². The summed E-state index contributed by atoms with van der Waals surface area (Å²) in [7, 11) is 1.56. The van der Waals surface area contributed by atoms with E-state index in [1.807, 2.05) is 30.3 Å². The number of carbonyl (C=O) groups excluding carboxylic acids is 1. The minimum absolute atomic E-state index is 0.153. The van der Waals surface area contributed by atoms with E-state index >= 15 is 0 Å². The van der Waals surface area contributed by atoms with Crippen molar-refractivity contribution in [2.24, 2.45) is 0 Å². The van der Waals surface area contributed by atoms with Gasteiger partial charge in [-0.2, -0.15) is 4.21 Å². The van der Waals surface area contributed by atoms with E-state index in [4.69, 9.17) is 13.1 Å². The van der Waals surface area contributed by atoms with Crippen molar-refractivity contribution >= 4 is 17.3 Å². The quantitative estimate of drug-likeness (QED) is 0.811. The summed E-state index contributed by atoms with van der Waals surface area (Å²) in [5.74, 6) is 0.403. The average molecular weight is 416 g/mol. The summed E-state index contributed by atoms with van der Waals surface area (Å²) in [4.78, 5) is 12.9. The molecule has 2 aromatic rings. The number of ether oxygens (including phenoxy) is 1. The van der Waals surface area contributed by atoms with E-state index in [2.05, 4.69) is 17.4 Å². The summed E-state index contributed by atoms with van der Waals surface area (Å²) < 4.78 is 27.7. The predicted molar refractivity (Wildman–Crippen MR) is 110 cm³/mol. The molecule has 2 aromatic carbocycles. The van der Waals surface area contributed by atoms with E-state index in [9.17, 15) is 9.00 Å². The number of benzene rings is 2. The number of carbonyl (C=O) groups is 1. The Morgan fingerprint density at radius 3 is 2.41 bits per heavy atom. The third-order valence-corrected chi connectivity index (χ3v) is 6.91. The fraction of sp³-hybridized carbons (Fsp3) is 0.409. The largest absolute Gasteiger partial charge is 0.496 e. The molecule has 0 aromatic heterocycles. The molecule has 7 heteroatoms. The van der Waals surface area contributed by atoms with Gasteiger partial charge in [-0.3, -0.25) is 13.2 Å². The molecule has 0 radical (unpaired) electrons. The van der Waals surface area contributed by atoms with Gasteiger partial charge < -0.3 is 10.1 Å². The number of methoxy groups -OCH3 is 1. The molecule has 154 valence electrons. The van der Waals surface area contributed by atoms with Gasteiger partial charge in [-0.1, -0.05) is 42.5 Å². The summed E-state index contributed by atoms with van der Waals surface area (Å²) in [6.45, 7) is 0.867. The van der Waals surface area contributed by atoms with Gasteiger partial charge in [0, 0.05) is 12.0 Å². The number of hydrogen-bond donors (Lipinski definition) is 1. The number of amides is 1. The van der Waals surface area contributed by atoms with Gasteiger partial charge in [0.05, 0.1) is 19.3 Å². The Bertz CT molecular complexity index is 893. The van der Waals surface area contributed by atoms with Crippen LogP contribution in [-0.2, 0) is 25.1 Å². The summed E-state index contributed by atoms with van der Waals surface area (Å²) in [5.41, 5.74) is 1.02. The first-order valence-corrected chi connectivity index (χ1v) is 10.8. The van der Waals surface area contributed by atoms with Crippen molar-refractivity contribution in [3.8, 4) is 5.75 Å². The van der Waals surface area contributed by atoms with Crippen molar-refractivity contribution in [3.63, 3.8) is 0 Å². The van der Waals surface area contributed by atoms with E-state index in [1.165, 1.54) is 5.56 Å². The molecule has 1 aliphatic heterocycles. The van der Waals surface area contributed by atoms with Crippen LogP contribution in [0.15, 0.2) is 54.6 Å². The minimum atomic E-state index is -1.65. The van der Waals surface area contributed by atoms with Crippen LogP contribution in [-0.4, -0.2) is 36.0 Å². The first kappa shape index (κ1) is 20.1. The van der Waals surface area contributed by atoms with Crippen molar-refractivity contribution in [3.05, 3.63) is 65.7 Å². The molecule has 1 aliphatic carbocycles. The van der Waals surface area contributed by atoms with Crippen LogP contribution in [0.5, 0.6) is 5.75 Å². The Labute approximate surface area is 173 Å². The monoisotopic (exact) mass is 415 g/mol. The Morgan fingerprint density at radius 2 is 1.76 bits per heavy atom. The molecular formula is C22H25NO5S. The maximum atomic E-state index is 12.9. The Hall–Kier alpha value is -2.22. The molecule has 29 heavy (non-hydrogen) atoms. The van der Waals surface area contributed by atoms with Gasteiger partial charge in [0.1, 0.15) is 11.4 Å². The highest BCUT2D eigenvalue weighted by Crippen LogP contribution is 2.46. The van der Waals surface area contributed by atoms with Crippen LogP contribution in [0, 0.1) is 0 Å². The summed E-state index contributed by atoms with van der Waals surface area (Å²) in [6.07, 6.45) is 3.09. The molecular weight excluding hydrogens is 390 g/mol. The number of hydrogen-bond acceptors (Lipinski definition) is 5. The van der Waals surface area contributed by atoms with Crippen LogP contribution in [0.2, 0.25) is 0 Å². The van der Waals surface area contributed by atoms with E-state index in [1.54, 1.807) is 19.2 Å². The lowest BCUT2D eigenvalue weighted by molar-refractivity contribution is 0.0279. The molecule has 6 nitrogen and oxygen atoms in total. The zero-order chi connectivity index (χ0) is 20.3. The van der Waals surface area contributed by atoms with Gasteiger partial charge in [0.15, 0.2) is 0 Å². The SMILES string of the molecule is COc1ccccc1C(=O)NCC1(c2ccccc2)CCC2(CC1)CO[S@@](=O)O2. The lowest BCUT2D eigenvalue weighted by atomic mass is 9.65. The van der Waals surface area contributed by atoms with Crippen molar-refractivity contribution in [2.75, 3.05) is 20.3 Å². The zero-order valence-electron chi connectivity index (χ0n) is 16.4. The van der Waals surface area contributed by atoms with E-state index in [-0.39, 0.29) is 11.3 Å². The van der Waals surface area contributed by atoms with Gasteiger partial charge in [0.2, 0.25) is 0 Å². The van der Waals surface area contributed by atoms with E-state index < -0.39 is 17.0 Å². The molecule has 1 amide bonds. The molecule has 1 spiro atoms. The number of nitrogens with one attached hydrogen (secondary N) is 1. The van der Waals surface area contributed by atoms with Gasteiger partial charge in [-0.05, 0) is 43.4 Å². The number of para-hydroxylation sites is 1. The minimum Gasteiger partial charge on any atom is -0.496 e. The van der Waals surface area contributed by atoms with Crippen LogP contribution in [0.3, 0.4) is 0 Å². The Balaban J connectivity index is 1.53. The van der Waals surface area contributed by atoms with Gasteiger partial charge in [-0.15, -0.1) is 0 Å². The van der Waals surface area contributed by atoms with Gasteiger partial charge in [0.25, 0.3) is 5.91 Å². The van der Waals surface area contributed by atoms with Gasteiger partial charge >= 0.3 is 11.4 Å². The molecule has 2 fully saturated rings. The molecule has 1 N–H and O–H groups in total. The van der Waals surface area contributed by atoms with Gasteiger partial charge in [-0.25, -0.2) is 0 Å². The average Bonchev–Trinajstić information content (AvgIpc) is 3.14. The lowest BCUT2D eigenvalue weighted by Crippen LogP contribution is -2.48. The smallest absolute Gasteiger partial charge is 0.305 e. The maximum Gasteiger partial charge on any atom is 0.305 e. The standard InChI is InChI=1S/C22H25NO5S/c1-26-19-10-6-5-9-18(19)20(24)23-15-21(17-7-3-2-4-8-17)11-13-22(14-12-21)16-27-29(25)28-22/h2-10H,11-16H2,1H3,(H,23,24)/t21?,22?,29-/m1/s1. The molecule has 1 saturated heterocycles. The molecule has 1 atom stereocenters. The second-order valence-electron chi connectivity index (χ2n) is 7.76. The number of rotatable bonds is 5. The van der Waals surface area contributed by atoms with Crippen LogP contribution in [0.25, 0.3) is 0 Å². The Kier molecular flexibility index (Phi) is 5.72.